The first-order chi connectivity index (χ1) is 9.66. The van der Waals surface area contributed by atoms with Gasteiger partial charge in [-0.3, -0.25) is 0 Å². The molecule has 2 rings (SSSR count). The van der Waals surface area contributed by atoms with Gasteiger partial charge < -0.3 is 25.8 Å². The van der Waals surface area contributed by atoms with Crippen LogP contribution in [0.3, 0.4) is 0 Å². The van der Waals surface area contributed by atoms with Gasteiger partial charge in [-0.15, -0.1) is 0 Å². The number of methoxy groups -OCH3 is 2. The minimum Gasteiger partial charge on any atom is -0.497 e. The summed E-state index contributed by atoms with van der Waals surface area (Å²) in [4.78, 5) is 8.16. The normalized spacial score (nSPS) is 9.95. The Morgan fingerprint density at radius 2 is 1.80 bits per heavy atom. The molecule has 0 atom stereocenters. The summed E-state index contributed by atoms with van der Waals surface area (Å²) < 4.78 is 10.5. The third kappa shape index (κ3) is 3.00. The number of nitrogens with zero attached hydrogens (tertiary/aromatic N) is 2. The van der Waals surface area contributed by atoms with Crippen LogP contribution < -0.4 is 25.8 Å². The molecule has 0 saturated carbocycles. The monoisotopic (exact) mass is 275 g/mol. The van der Waals surface area contributed by atoms with Gasteiger partial charge in [-0.2, -0.15) is 9.97 Å². The van der Waals surface area contributed by atoms with Crippen molar-refractivity contribution in [3.8, 4) is 11.5 Å². The van der Waals surface area contributed by atoms with Crippen molar-refractivity contribution in [1.29, 1.82) is 0 Å². The third-order valence-corrected chi connectivity index (χ3v) is 2.67. The smallest absolute Gasteiger partial charge is 0.223 e. The predicted octanol–water partition coefficient (Wildman–Crippen LogP) is 1.86. The zero-order valence-corrected chi connectivity index (χ0v) is 11.6. The highest BCUT2D eigenvalue weighted by molar-refractivity contribution is 5.68. The fourth-order valence-electron chi connectivity index (χ4n) is 1.71. The molecule has 1 heterocycles. The van der Waals surface area contributed by atoms with Crippen LogP contribution in [0.5, 0.6) is 11.5 Å². The molecule has 0 aliphatic carbocycles. The van der Waals surface area contributed by atoms with Crippen LogP contribution in [-0.2, 0) is 0 Å². The van der Waals surface area contributed by atoms with E-state index < -0.39 is 0 Å². The van der Waals surface area contributed by atoms with Crippen molar-refractivity contribution in [2.75, 3.05) is 37.6 Å². The molecule has 1 aromatic heterocycles. The lowest BCUT2D eigenvalue weighted by atomic mass is 10.2. The van der Waals surface area contributed by atoms with E-state index in [0.717, 1.165) is 5.69 Å². The zero-order chi connectivity index (χ0) is 14.5. The first kappa shape index (κ1) is 13.7. The highest BCUT2D eigenvalue weighted by atomic mass is 16.5. The zero-order valence-electron chi connectivity index (χ0n) is 11.6. The molecule has 0 radical (unpaired) electrons. The summed E-state index contributed by atoms with van der Waals surface area (Å²) in [5.41, 5.74) is 6.39. The van der Waals surface area contributed by atoms with E-state index in [1.165, 1.54) is 0 Å². The standard InChI is InChI=1S/C13H17N5O2/c1-15-11-7-12(18-13(14)17-11)16-9-6-8(19-2)4-5-10(9)20-3/h4-7H,1-3H3,(H4,14,15,16,17,18). The van der Waals surface area contributed by atoms with Crippen molar-refractivity contribution in [1.82, 2.24) is 9.97 Å². The van der Waals surface area contributed by atoms with E-state index in [-0.39, 0.29) is 5.95 Å². The number of ether oxygens (including phenoxy) is 2. The van der Waals surface area contributed by atoms with Crippen LogP contribution in [0.1, 0.15) is 0 Å². The maximum Gasteiger partial charge on any atom is 0.223 e. The van der Waals surface area contributed by atoms with E-state index in [1.807, 2.05) is 18.2 Å². The van der Waals surface area contributed by atoms with Gasteiger partial charge >= 0.3 is 0 Å². The Morgan fingerprint density at radius 1 is 1.05 bits per heavy atom. The van der Waals surface area contributed by atoms with E-state index in [4.69, 9.17) is 15.2 Å². The highest BCUT2D eigenvalue weighted by Crippen LogP contribution is 2.31. The molecule has 1 aromatic carbocycles. The summed E-state index contributed by atoms with van der Waals surface area (Å²) in [6.45, 7) is 0. The Balaban J connectivity index is 2.35. The minimum atomic E-state index is 0.182. The van der Waals surface area contributed by atoms with Crippen molar-refractivity contribution < 1.29 is 9.47 Å². The van der Waals surface area contributed by atoms with Crippen LogP contribution in [0.25, 0.3) is 0 Å². The summed E-state index contributed by atoms with van der Waals surface area (Å²) in [5, 5.41) is 6.06. The molecule has 4 N–H and O–H groups in total. The molecule has 0 saturated heterocycles. The van der Waals surface area contributed by atoms with Gasteiger partial charge in [0.05, 0.1) is 19.9 Å². The van der Waals surface area contributed by atoms with Crippen molar-refractivity contribution in [3.63, 3.8) is 0 Å². The second-order valence-electron chi connectivity index (χ2n) is 3.94. The molecule has 0 aliphatic heterocycles. The largest absolute Gasteiger partial charge is 0.497 e. The first-order valence-electron chi connectivity index (χ1n) is 5.97. The lowest BCUT2D eigenvalue weighted by Crippen LogP contribution is -2.04. The van der Waals surface area contributed by atoms with Crippen LogP contribution >= 0.6 is 0 Å². The van der Waals surface area contributed by atoms with Gasteiger partial charge in [0.25, 0.3) is 0 Å². The summed E-state index contributed by atoms with van der Waals surface area (Å²) in [5.74, 6) is 2.76. The van der Waals surface area contributed by atoms with E-state index >= 15 is 0 Å². The molecular formula is C13H17N5O2. The second-order valence-corrected chi connectivity index (χ2v) is 3.94. The predicted molar refractivity (Wildman–Crippen MR) is 78.8 cm³/mol. The van der Waals surface area contributed by atoms with Crippen LogP contribution in [0, 0.1) is 0 Å². The molecule has 106 valence electrons. The summed E-state index contributed by atoms with van der Waals surface area (Å²) >= 11 is 0. The van der Waals surface area contributed by atoms with Crippen molar-refractivity contribution in [2.45, 2.75) is 0 Å². The maximum atomic E-state index is 5.66. The lowest BCUT2D eigenvalue weighted by Gasteiger charge is -2.13. The van der Waals surface area contributed by atoms with E-state index in [0.29, 0.717) is 23.1 Å². The molecule has 7 heteroatoms. The molecular weight excluding hydrogens is 258 g/mol. The Labute approximate surface area is 117 Å². The maximum absolute atomic E-state index is 5.66. The molecule has 2 aromatic rings. The van der Waals surface area contributed by atoms with Gasteiger partial charge in [-0.05, 0) is 12.1 Å². The Kier molecular flexibility index (Phi) is 4.09. The van der Waals surface area contributed by atoms with Crippen LogP contribution in [0.15, 0.2) is 24.3 Å². The van der Waals surface area contributed by atoms with Crippen molar-refractivity contribution >= 4 is 23.3 Å². The molecule has 0 aliphatic rings. The molecule has 0 fully saturated rings. The van der Waals surface area contributed by atoms with Crippen molar-refractivity contribution in [2.24, 2.45) is 0 Å². The van der Waals surface area contributed by atoms with E-state index in [1.54, 1.807) is 27.3 Å². The van der Waals surface area contributed by atoms with Gasteiger partial charge in [0.1, 0.15) is 23.1 Å². The number of aromatic nitrogens is 2. The van der Waals surface area contributed by atoms with Gasteiger partial charge in [0.2, 0.25) is 5.95 Å². The average Bonchev–Trinajstić information content (AvgIpc) is 2.46. The summed E-state index contributed by atoms with van der Waals surface area (Å²) in [6, 6.07) is 7.19. The van der Waals surface area contributed by atoms with Crippen LogP contribution in [0.4, 0.5) is 23.3 Å². The number of hydrogen-bond acceptors (Lipinski definition) is 7. The van der Waals surface area contributed by atoms with Gasteiger partial charge in [0, 0.05) is 19.2 Å². The highest BCUT2D eigenvalue weighted by Gasteiger charge is 2.08. The topological polar surface area (TPSA) is 94.3 Å². The van der Waals surface area contributed by atoms with Crippen molar-refractivity contribution in [3.05, 3.63) is 24.3 Å². The number of anilines is 4. The quantitative estimate of drug-likeness (QED) is 0.766. The molecule has 0 unspecified atom stereocenters. The number of nitrogens with one attached hydrogen (secondary N) is 2. The lowest BCUT2D eigenvalue weighted by molar-refractivity contribution is 0.405. The Bertz CT molecular complexity index is 603. The molecule has 0 spiro atoms. The van der Waals surface area contributed by atoms with E-state index in [9.17, 15) is 0 Å². The Hall–Kier alpha value is -2.70. The number of hydrogen-bond donors (Lipinski definition) is 3. The SMILES string of the molecule is CNc1cc(Nc2cc(OC)ccc2OC)nc(N)n1. The van der Waals surface area contributed by atoms with Gasteiger partial charge in [-0.25, -0.2) is 0 Å². The van der Waals surface area contributed by atoms with Crippen LogP contribution in [0.2, 0.25) is 0 Å². The number of benzene rings is 1. The number of nitrogen functional groups attached to an aromatic ring is 1. The molecule has 20 heavy (non-hydrogen) atoms. The fraction of sp³-hybridized carbons (Fsp3) is 0.231. The van der Waals surface area contributed by atoms with Crippen LogP contribution in [-0.4, -0.2) is 31.2 Å². The number of nitrogens with two attached hydrogens (primary N) is 1. The average molecular weight is 275 g/mol. The summed E-state index contributed by atoms with van der Waals surface area (Å²) in [7, 11) is 4.96. The summed E-state index contributed by atoms with van der Waals surface area (Å²) in [6.07, 6.45) is 0. The minimum absolute atomic E-state index is 0.182. The molecule has 0 bridgehead atoms. The molecule has 7 nitrogen and oxygen atoms in total. The fourth-order valence-corrected chi connectivity index (χ4v) is 1.71. The second kappa shape index (κ2) is 5.96. The molecule has 0 amide bonds. The Morgan fingerprint density at radius 3 is 2.45 bits per heavy atom. The van der Waals surface area contributed by atoms with Gasteiger partial charge in [0.15, 0.2) is 0 Å². The number of rotatable bonds is 5. The van der Waals surface area contributed by atoms with Gasteiger partial charge in [-0.1, -0.05) is 0 Å². The first-order valence-corrected chi connectivity index (χ1v) is 5.97. The van der Waals surface area contributed by atoms with E-state index in [2.05, 4.69) is 20.6 Å². The third-order valence-electron chi connectivity index (χ3n) is 2.67.